The average Bonchev–Trinajstić information content (AvgIpc) is 2.63. The third-order valence-electron chi connectivity index (χ3n) is 4.17. The number of halogens is 2. The van der Waals surface area contributed by atoms with Crippen LogP contribution in [0, 0.1) is 11.6 Å². The quantitative estimate of drug-likeness (QED) is 0.839. The molecule has 144 valence electrons. The molecule has 0 radical (unpaired) electrons. The van der Waals surface area contributed by atoms with E-state index in [2.05, 4.69) is 5.32 Å². The molecule has 1 aliphatic rings. The molecule has 3 rings (SSSR count). The summed E-state index contributed by atoms with van der Waals surface area (Å²) in [4.78, 5) is 12.4. The van der Waals surface area contributed by atoms with Crippen molar-refractivity contribution in [2.75, 3.05) is 13.3 Å². The van der Waals surface area contributed by atoms with Gasteiger partial charge in [-0.1, -0.05) is 0 Å². The van der Waals surface area contributed by atoms with Gasteiger partial charge in [-0.2, -0.15) is 0 Å². The van der Waals surface area contributed by atoms with Gasteiger partial charge in [-0.05, 0) is 62.2 Å². The third kappa shape index (κ3) is 4.74. The molecular weight excluding hydrogens is 356 g/mol. The Morgan fingerprint density at radius 1 is 1.19 bits per heavy atom. The lowest BCUT2D eigenvalue weighted by molar-refractivity contribution is -0.134. The predicted octanol–water partition coefficient (Wildman–Crippen LogP) is 3.35. The molecule has 5 nitrogen and oxygen atoms in total. The Kier molecular flexibility index (Phi) is 5.60. The molecule has 0 aromatic heterocycles. The lowest BCUT2D eigenvalue weighted by atomic mass is 10.0. The van der Waals surface area contributed by atoms with Crippen LogP contribution in [0.25, 0.3) is 0 Å². The first-order chi connectivity index (χ1) is 12.8. The van der Waals surface area contributed by atoms with Gasteiger partial charge in [0.15, 0.2) is 12.4 Å². The van der Waals surface area contributed by atoms with E-state index in [-0.39, 0.29) is 30.9 Å². The Bertz CT molecular complexity index is 821. The molecule has 27 heavy (non-hydrogen) atoms. The van der Waals surface area contributed by atoms with Crippen LogP contribution in [0.4, 0.5) is 8.78 Å². The lowest BCUT2D eigenvalue weighted by Crippen LogP contribution is -2.47. The summed E-state index contributed by atoms with van der Waals surface area (Å²) in [5.74, 6) is -0.0796. The molecule has 1 amide bonds. The fourth-order valence-electron chi connectivity index (χ4n) is 2.81. The van der Waals surface area contributed by atoms with Crippen molar-refractivity contribution < 1.29 is 27.8 Å². The van der Waals surface area contributed by atoms with Gasteiger partial charge in [0, 0.05) is 12.1 Å². The summed E-state index contributed by atoms with van der Waals surface area (Å²) in [5.41, 5.74) is 0.178. The maximum Gasteiger partial charge on any atom is 0.263 e. The van der Waals surface area contributed by atoms with Gasteiger partial charge in [0.1, 0.15) is 23.1 Å². The molecule has 2 aromatic carbocycles. The fourth-order valence-corrected chi connectivity index (χ4v) is 2.81. The van der Waals surface area contributed by atoms with Gasteiger partial charge in [-0.15, -0.1) is 0 Å². The van der Waals surface area contributed by atoms with Crippen LogP contribution in [0.3, 0.4) is 0 Å². The monoisotopic (exact) mass is 377 g/mol. The van der Waals surface area contributed by atoms with E-state index < -0.39 is 5.60 Å². The Hall–Kier alpha value is -2.67. The molecule has 0 fully saturated rings. The van der Waals surface area contributed by atoms with E-state index in [0.29, 0.717) is 35.7 Å². The molecule has 1 N–H and O–H groups in total. The zero-order valence-corrected chi connectivity index (χ0v) is 15.2. The number of carbonyl (C=O) groups excluding carboxylic acids is 1. The highest BCUT2D eigenvalue weighted by Gasteiger charge is 2.29. The number of ether oxygens (including phenoxy) is 3. The second kappa shape index (κ2) is 7.92. The normalized spacial score (nSPS) is 13.5. The SMILES string of the molecule is CC(C)(Oc1ccc(F)cc1)C(=O)NCCc1cc(F)cc2c1OCOC2. The number of carbonyl (C=O) groups is 1. The smallest absolute Gasteiger partial charge is 0.263 e. The average molecular weight is 377 g/mol. The standard InChI is InChI=1S/C20H21F2NO4/c1-20(2,27-17-5-3-15(21)4-6-17)19(24)23-8-7-13-9-16(22)10-14-11-25-12-26-18(13)14/h3-6,9-10H,7-8,11-12H2,1-2H3,(H,23,24). The highest BCUT2D eigenvalue weighted by molar-refractivity contribution is 5.84. The van der Waals surface area contributed by atoms with Crippen molar-refractivity contribution in [2.24, 2.45) is 0 Å². The van der Waals surface area contributed by atoms with Crippen LogP contribution < -0.4 is 14.8 Å². The molecule has 0 atom stereocenters. The summed E-state index contributed by atoms with van der Waals surface area (Å²) in [5, 5.41) is 2.78. The van der Waals surface area contributed by atoms with Crippen LogP contribution in [-0.4, -0.2) is 24.8 Å². The summed E-state index contributed by atoms with van der Waals surface area (Å²) < 4.78 is 43.0. The summed E-state index contributed by atoms with van der Waals surface area (Å²) in [6.45, 7) is 3.95. The van der Waals surface area contributed by atoms with E-state index in [1.807, 2.05) is 0 Å². The summed E-state index contributed by atoms with van der Waals surface area (Å²) in [7, 11) is 0. The second-order valence-electron chi connectivity index (χ2n) is 6.74. The number of benzene rings is 2. The number of nitrogens with one attached hydrogen (secondary N) is 1. The first-order valence-electron chi connectivity index (χ1n) is 8.60. The molecule has 0 saturated carbocycles. The van der Waals surface area contributed by atoms with Crippen LogP contribution >= 0.6 is 0 Å². The van der Waals surface area contributed by atoms with Crippen LogP contribution in [0.5, 0.6) is 11.5 Å². The molecule has 1 heterocycles. The minimum atomic E-state index is -1.15. The molecule has 0 saturated heterocycles. The summed E-state index contributed by atoms with van der Waals surface area (Å²) in [6.07, 6.45) is 0.401. The summed E-state index contributed by atoms with van der Waals surface area (Å²) >= 11 is 0. The third-order valence-corrected chi connectivity index (χ3v) is 4.17. The van der Waals surface area contributed by atoms with E-state index in [0.717, 1.165) is 0 Å². The van der Waals surface area contributed by atoms with Gasteiger partial charge in [0.05, 0.1) is 6.61 Å². The van der Waals surface area contributed by atoms with Crippen LogP contribution in [0.1, 0.15) is 25.0 Å². The first kappa shape index (κ1) is 19.1. The van der Waals surface area contributed by atoms with Crippen molar-refractivity contribution in [3.63, 3.8) is 0 Å². The number of hydrogen-bond acceptors (Lipinski definition) is 4. The highest BCUT2D eigenvalue weighted by Crippen LogP contribution is 2.29. The first-order valence-corrected chi connectivity index (χ1v) is 8.60. The predicted molar refractivity (Wildman–Crippen MR) is 94.5 cm³/mol. The number of amides is 1. The van der Waals surface area contributed by atoms with E-state index in [1.54, 1.807) is 13.8 Å². The van der Waals surface area contributed by atoms with Crippen molar-refractivity contribution in [1.29, 1.82) is 0 Å². The Labute approximate surface area is 156 Å². The number of hydrogen-bond donors (Lipinski definition) is 1. The fraction of sp³-hybridized carbons (Fsp3) is 0.350. The number of rotatable bonds is 6. The molecule has 0 bridgehead atoms. The zero-order valence-electron chi connectivity index (χ0n) is 15.2. The van der Waals surface area contributed by atoms with Crippen LogP contribution in [-0.2, 0) is 22.6 Å². The van der Waals surface area contributed by atoms with Crippen molar-refractivity contribution in [3.05, 3.63) is 59.2 Å². The van der Waals surface area contributed by atoms with Gasteiger partial charge < -0.3 is 19.5 Å². The van der Waals surface area contributed by atoms with Crippen molar-refractivity contribution in [1.82, 2.24) is 5.32 Å². The highest BCUT2D eigenvalue weighted by atomic mass is 19.1. The maximum atomic E-state index is 13.8. The molecule has 0 aliphatic carbocycles. The molecule has 2 aromatic rings. The maximum absolute atomic E-state index is 13.8. The van der Waals surface area contributed by atoms with Crippen LogP contribution in [0.2, 0.25) is 0 Å². The van der Waals surface area contributed by atoms with Crippen molar-refractivity contribution in [3.8, 4) is 11.5 Å². The molecule has 7 heteroatoms. The lowest BCUT2D eigenvalue weighted by Gasteiger charge is -2.25. The summed E-state index contributed by atoms with van der Waals surface area (Å²) in [6, 6.07) is 8.23. The molecule has 0 spiro atoms. The minimum Gasteiger partial charge on any atom is -0.478 e. The van der Waals surface area contributed by atoms with Crippen molar-refractivity contribution >= 4 is 5.91 Å². The van der Waals surface area contributed by atoms with E-state index in [1.165, 1.54) is 36.4 Å². The van der Waals surface area contributed by atoms with Gasteiger partial charge in [-0.25, -0.2) is 8.78 Å². The Balaban J connectivity index is 1.59. The molecule has 0 unspecified atom stereocenters. The van der Waals surface area contributed by atoms with E-state index >= 15 is 0 Å². The van der Waals surface area contributed by atoms with Gasteiger partial charge >= 0.3 is 0 Å². The largest absolute Gasteiger partial charge is 0.478 e. The molecule has 1 aliphatic heterocycles. The Morgan fingerprint density at radius 3 is 2.67 bits per heavy atom. The number of fused-ring (bicyclic) bond motifs is 1. The topological polar surface area (TPSA) is 56.8 Å². The van der Waals surface area contributed by atoms with Gasteiger partial charge in [-0.3, -0.25) is 4.79 Å². The van der Waals surface area contributed by atoms with Crippen LogP contribution in [0.15, 0.2) is 36.4 Å². The van der Waals surface area contributed by atoms with E-state index in [9.17, 15) is 13.6 Å². The van der Waals surface area contributed by atoms with Gasteiger partial charge in [0.25, 0.3) is 5.91 Å². The minimum absolute atomic E-state index is 0.122. The van der Waals surface area contributed by atoms with E-state index in [4.69, 9.17) is 14.2 Å². The van der Waals surface area contributed by atoms with Gasteiger partial charge in [0.2, 0.25) is 0 Å². The van der Waals surface area contributed by atoms with Crippen molar-refractivity contribution in [2.45, 2.75) is 32.5 Å². The Morgan fingerprint density at radius 2 is 1.93 bits per heavy atom. The molecular formula is C20H21F2NO4. The zero-order chi connectivity index (χ0) is 19.4. The second-order valence-corrected chi connectivity index (χ2v) is 6.74.